The number of carbonyl (C=O) groups is 2. The standard InChI is InChI=1S/C25H31ClFN3O4/c1-15-12-24(30-21(32)19-13-34-22(28-19)23(2,3)4)7-9-25(15,10-8-24)29-20(31)14-33-16-5-6-17(26)18(27)11-16/h5-6,11,13,15H,7-10,12,14H2,1-4H3,(H,29,31)(H,30,32). The van der Waals surface area contributed by atoms with Gasteiger partial charge in [-0.1, -0.05) is 39.3 Å². The van der Waals surface area contributed by atoms with Gasteiger partial charge in [0, 0.05) is 22.6 Å². The van der Waals surface area contributed by atoms with Gasteiger partial charge < -0.3 is 19.8 Å². The Morgan fingerprint density at radius 3 is 2.53 bits per heavy atom. The molecule has 2 aromatic rings. The Morgan fingerprint density at radius 1 is 1.24 bits per heavy atom. The fraction of sp³-hybridized carbons (Fsp3) is 0.560. The van der Waals surface area contributed by atoms with Crippen molar-refractivity contribution in [2.75, 3.05) is 6.61 Å². The van der Waals surface area contributed by atoms with E-state index in [0.29, 0.717) is 11.6 Å². The summed E-state index contributed by atoms with van der Waals surface area (Å²) < 4.78 is 24.5. The predicted molar refractivity (Wildman–Crippen MR) is 125 cm³/mol. The number of hydrogen-bond acceptors (Lipinski definition) is 5. The molecule has 2 amide bonds. The van der Waals surface area contributed by atoms with E-state index in [1.165, 1.54) is 18.4 Å². The van der Waals surface area contributed by atoms with Crippen LogP contribution in [0.25, 0.3) is 0 Å². The van der Waals surface area contributed by atoms with E-state index < -0.39 is 5.82 Å². The summed E-state index contributed by atoms with van der Waals surface area (Å²) in [5.74, 6) is -0.133. The van der Waals surface area contributed by atoms with Crippen molar-refractivity contribution in [3.8, 4) is 5.75 Å². The molecule has 3 aliphatic carbocycles. The summed E-state index contributed by atoms with van der Waals surface area (Å²) >= 11 is 5.68. The van der Waals surface area contributed by atoms with Crippen molar-refractivity contribution in [2.24, 2.45) is 5.92 Å². The molecule has 5 rings (SSSR count). The number of ether oxygens (including phenoxy) is 1. The number of fused-ring (bicyclic) bond motifs is 3. The first-order chi connectivity index (χ1) is 15.9. The Hall–Kier alpha value is -2.61. The monoisotopic (exact) mass is 491 g/mol. The number of rotatable bonds is 6. The first-order valence-electron chi connectivity index (χ1n) is 11.6. The first kappa shape index (κ1) is 24.5. The molecule has 34 heavy (non-hydrogen) atoms. The number of carbonyl (C=O) groups excluding carboxylic acids is 2. The zero-order valence-electron chi connectivity index (χ0n) is 20.0. The van der Waals surface area contributed by atoms with Crippen LogP contribution in [-0.4, -0.2) is 34.5 Å². The molecule has 3 aliphatic rings. The minimum absolute atomic E-state index is 0.00250. The summed E-state index contributed by atoms with van der Waals surface area (Å²) in [6.07, 6.45) is 5.20. The smallest absolute Gasteiger partial charge is 0.273 e. The van der Waals surface area contributed by atoms with E-state index in [2.05, 4.69) is 22.5 Å². The van der Waals surface area contributed by atoms with Crippen molar-refractivity contribution >= 4 is 23.4 Å². The van der Waals surface area contributed by atoms with Crippen LogP contribution in [0.4, 0.5) is 4.39 Å². The molecular weight excluding hydrogens is 461 g/mol. The number of nitrogens with zero attached hydrogens (tertiary/aromatic N) is 1. The summed E-state index contributed by atoms with van der Waals surface area (Å²) in [6.45, 7) is 7.84. The fourth-order valence-corrected chi connectivity index (χ4v) is 5.25. The van der Waals surface area contributed by atoms with E-state index in [1.54, 1.807) is 0 Å². The number of nitrogens with one attached hydrogen (secondary N) is 2. The minimum Gasteiger partial charge on any atom is -0.484 e. The Morgan fingerprint density at radius 2 is 1.94 bits per heavy atom. The van der Waals surface area contributed by atoms with Crippen LogP contribution in [0.5, 0.6) is 5.75 Å². The van der Waals surface area contributed by atoms with Gasteiger partial charge in [0.25, 0.3) is 11.8 Å². The van der Waals surface area contributed by atoms with Gasteiger partial charge in [-0.3, -0.25) is 9.59 Å². The van der Waals surface area contributed by atoms with Gasteiger partial charge in [0.05, 0.1) is 5.02 Å². The zero-order valence-corrected chi connectivity index (χ0v) is 20.7. The maximum Gasteiger partial charge on any atom is 0.273 e. The van der Waals surface area contributed by atoms with Crippen LogP contribution >= 0.6 is 11.6 Å². The van der Waals surface area contributed by atoms with Crippen LogP contribution in [0.2, 0.25) is 5.02 Å². The maximum atomic E-state index is 13.6. The molecule has 9 heteroatoms. The second-order valence-corrected chi connectivity index (χ2v) is 11.1. The summed E-state index contributed by atoms with van der Waals surface area (Å²) in [5.41, 5.74) is -0.643. The number of hydrogen-bond donors (Lipinski definition) is 2. The Kier molecular flexibility index (Phi) is 6.40. The van der Waals surface area contributed by atoms with E-state index in [-0.39, 0.29) is 51.6 Å². The molecule has 0 spiro atoms. The third-order valence-corrected chi connectivity index (χ3v) is 7.45. The van der Waals surface area contributed by atoms with Crippen LogP contribution in [-0.2, 0) is 10.2 Å². The molecule has 2 bridgehead atoms. The van der Waals surface area contributed by atoms with Crippen LogP contribution in [0, 0.1) is 11.7 Å². The third-order valence-electron chi connectivity index (χ3n) is 7.15. The average Bonchev–Trinajstić information content (AvgIpc) is 3.27. The molecule has 3 fully saturated rings. The molecule has 0 radical (unpaired) electrons. The lowest BCUT2D eigenvalue weighted by molar-refractivity contribution is -0.128. The molecule has 1 unspecified atom stereocenters. The first-order valence-corrected chi connectivity index (χ1v) is 12.0. The molecule has 3 saturated carbocycles. The van der Waals surface area contributed by atoms with E-state index in [1.807, 2.05) is 20.8 Å². The summed E-state index contributed by atoms with van der Waals surface area (Å²) in [5, 5.41) is 6.38. The Bertz CT molecular complexity index is 1090. The van der Waals surface area contributed by atoms with E-state index in [4.69, 9.17) is 20.8 Å². The molecule has 7 nitrogen and oxygen atoms in total. The van der Waals surface area contributed by atoms with Gasteiger partial charge in [-0.05, 0) is 50.2 Å². The Balaban J connectivity index is 1.34. The molecule has 1 atom stereocenters. The number of amides is 2. The van der Waals surface area contributed by atoms with Gasteiger partial charge in [0.15, 0.2) is 18.2 Å². The number of aromatic nitrogens is 1. The quantitative estimate of drug-likeness (QED) is 0.606. The highest BCUT2D eigenvalue weighted by Gasteiger charge is 2.54. The lowest BCUT2D eigenvalue weighted by Gasteiger charge is -2.57. The van der Waals surface area contributed by atoms with E-state index >= 15 is 0 Å². The van der Waals surface area contributed by atoms with Crippen molar-refractivity contribution in [2.45, 2.75) is 76.3 Å². The van der Waals surface area contributed by atoms with Crippen molar-refractivity contribution < 1.29 is 23.1 Å². The molecule has 0 aliphatic heterocycles. The molecular formula is C25H31ClFN3O4. The molecule has 0 saturated heterocycles. The number of oxazole rings is 1. The van der Waals surface area contributed by atoms with Crippen molar-refractivity contribution in [3.63, 3.8) is 0 Å². The highest BCUT2D eigenvalue weighted by molar-refractivity contribution is 6.30. The topological polar surface area (TPSA) is 93.5 Å². The maximum absolute atomic E-state index is 13.6. The van der Waals surface area contributed by atoms with E-state index in [9.17, 15) is 14.0 Å². The average molecular weight is 492 g/mol. The van der Waals surface area contributed by atoms with Crippen molar-refractivity contribution in [1.82, 2.24) is 15.6 Å². The summed E-state index contributed by atoms with van der Waals surface area (Å²) in [6, 6.07) is 4.08. The normalized spacial score (nSPS) is 26.2. The molecule has 1 aromatic carbocycles. The van der Waals surface area contributed by atoms with E-state index in [0.717, 1.165) is 38.2 Å². The third kappa shape index (κ3) is 4.92. The van der Waals surface area contributed by atoms with Gasteiger partial charge in [-0.15, -0.1) is 0 Å². The van der Waals surface area contributed by atoms with Crippen LogP contribution in [0.15, 0.2) is 28.9 Å². The predicted octanol–water partition coefficient (Wildman–Crippen LogP) is 4.78. The lowest BCUT2D eigenvalue weighted by Crippen LogP contribution is -2.67. The van der Waals surface area contributed by atoms with Crippen molar-refractivity contribution in [3.05, 3.63) is 46.9 Å². The van der Waals surface area contributed by atoms with Gasteiger partial charge >= 0.3 is 0 Å². The lowest BCUT2D eigenvalue weighted by atomic mass is 9.56. The van der Waals surface area contributed by atoms with Crippen LogP contribution in [0.1, 0.15) is 76.2 Å². The van der Waals surface area contributed by atoms with Gasteiger partial charge in [-0.25, -0.2) is 9.37 Å². The highest BCUT2D eigenvalue weighted by atomic mass is 35.5. The Labute approximate surface area is 203 Å². The molecule has 1 heterocycles. The van der Waals surface area contributed by atoms with Gasteiger partial charge in [-0.2, -0.15) is 0 Å². The van der Waals surface area contributed by atoms with Crippen LogP contribution < -0.4 is 15.4 Å². The van der Waals surface area contributed by atoms with Crippen molar-refractivity contribution in [1.29, 1.82) is 0 Å². The molecule has 1 aromatic heterocycles. The van der Waals surface area contributed by atoms with Gasteiger partial charge in [0.1, 0.15) is 17.8 Å². The molecule has 184 valence electrons. The minimum atomic E-state index is -0.593. The zero-order chi connectivity index (χ0) is 24.7. The molecule has 2 N–H and O–H groups in total. The fourth-order valence-electron chi connectivity index (χ4n) is 5.13. The SMILES string of the molecule is CC1CC2(NC(=O)c3coc(C(C)(C)C)n3)CCC1(NC(=O)COc1ccc(Cl)c(F)c1)CC2. The highest BCUT2D eigenvalue weighted by Crippen LogP contribution is 2.50. The summed E-state index contributed by atoms with van der Waals surface area (Å²) in [7, 11) is 0. The second kappa shape index (κ2) is 8.87. The van der Waals surface area contributed by atoms with Gasteiger partial charge in [0.2, 0.25) is 0 Å². The number of benzene rings is 1. The second-order valence-electron chi connectivity index (χ2n) is 10.7. The number of halogens is 2. The largest absolute Gasteiger partial charge is 0.484 e. The summed E-state index contributed by atoms with van der Waals surface area (Å²) in [4.78, 5) is 29.9. The van der Waals surface area contributed by atoms with Crippen LogP contribution in [0.3, 0.4) is 0 Å².